The largest absolute Gasteiger partial charge is 0.379 e. The van der Waals surface area contributed by atoms with Gasteiger partial charge in [-0.15, -0.1) is 0 Å². The Kier molecular flexibility index (Phi) is 4.37. The van der Waals surface area contributed by atoms with Gasteiger partial charge in [-0.1, -0.05) is 17.3 Å². The minimum absolute atomic E-state index is 0.0341. The van der Waals surface area contributed by atoms with E-state index in [9.17, 15) is 4.79 Å². The van der Waals surface area contributed by atoms with Gasteiger partial charge in [-0.25, -0.2) is 0 Å². The number of carbonyl (C=O) groups is 1. The lowest BCUT2D eigenvalue weighted by atomic mass is 9.95. The van der Waals surface area contributed by atoms with Crippen LogP contribution in [0.25, 0.3) is 11.0 Å². The molecule has 0 bridgehead atoms. The molecule has 0 spiro atoms. The normalized spacial score (nSPS) is 19.5. The first-order valence-corrected chi connectivity index (χ1v) is 7.95. The minimum Gasteiger partial charge on any atom is -0.379 e. The van der Waals surface area contributed by atoms with Crippen molar-refractivity contribution in [3.05, 3.63) is 29.5 Å². The molecule has 2 aromatic rings. The number of rotatable bonds is 3. The number of amides is 1. The van der Waals surface area contributed by atoms with Crippen LogP contribution in [0.3, 0.4) is 0 Å². The fourth-order valence-electron chi connectivity index (χ4n) is 2.89. The van der Waals surface area contributed by atoms with Crippen LogP contribution in [0.5, 0.6) is 0 Å². The van der Waals surface area contributed by atoms with E-state index in [-0.39, 0.29) is 11.8 Å². The zero-order chi connectivity index (χ0) is 16.4. The lowest BCUT2D eigenvalue weighted by molar-refractivity contribution is -0.128. The number of ether oxygens (including phenoxy) is 1. The van der Waals surface area contributed by atoms with Crippen molar-refractivity contribution in [2.45, 2.75) is 26.3 Å². The van der Waals surface area contributed by atoms with E-state index >= 15 is 0 Å². The zero-order valence-electron chi connectivity index (χ0n) is 13.8. The number of nitrogens with one attached hydrogen (secondary N) is 2. The van der Waals surface area contributed by atoms with Gasteiger partial charge in [0.2, 0.25) is 5.91 Å². The Labute approximate surface area is 135 Å². The molecule has 1 fully saturated rings. The maximum Gasteiger partial charge on any atom is 0.227 e. The lowest BCUT2D eigenvalue weighted by Gasteiger charge is -2.26. The minimum atomic E-state index is -0.623. The molecule has 23 heavy (non-hydrogen) atoms. The standard InChI is InChI=1S/C17H23N3O3/c1-11-5-4-6-13-14(11)23-20-15(13)17(2,3)19-16(21)12-9-18-7-8-22-10-12/h4-6,12,18H,7-10H2,1-3H3,(H,19,21). The molecule has 2 heterocycles. The third kappa shape index (κ3) is 3.23. The van der Waals surface area contributed by atoms with Crippen molar-refractivity contribution in [1.29, 1.82) is 0 Å². The summed E-state index contributed by atoms with van der Waals surface area (Å²) in [6.45, 7) is 8.34. The summed E-state index contributed by atoms with van der Waals surface area (Å²) in [5.41, 5.74) is 1.92. The first-order chi connectivity index (χ1) is 11.0. The van der Waals surface area contributed by atoms with Crippen LogP contribution < -0.4 is 10.6 Å². The van der Waals surface area contributed by atoms with Crippen LogP contribution in [-0.2, 0) is 15.1 Å². The quantitative estimate of drug-likeness (QED) is 0.901. The van der Waals surface area contributed by atoms with Crippen molar-refractivity contribution in [1.82, 2.24) is 15.8 Å². The number of carbonyl (C=O) groups excluding carboxylic acids is 1. The van der Waals surface area contributed by atoms with Gasteiger partial charge in [-0.3, -0.25) is 4.79 Å². The Morgan fingerprint density at radius 2 is 2.26 bits per heavy atom. The molecule has 1 aliphatic rings. The number of aryl methyl sites for hydroxylation is 1. The number of hydrogen-bond acceptors (Lipinski definition) is 5. The van der Waals surface area contributed by atoms with Crippen LogP contribution in [0.4, 0.5) is 0 Å². The number of aromatic nitrogens is 1. The maximum atomic E-state index is 12.6. The zero-order valence-corrected chi connectivity index (χ0v) is 13.8. The van der Waals surface area contributed by atoms with Crippen molar-refractivity contribution in [3.8, 4) is 0 Å². The highest BCUT2D eigenvalue weighted by Gasteiger charge is 2.32. The first kappa shape index (κ1) is 16.0. The number of hydrogen-bond donors (Lipinski definition) is 2. The molecular weight excluding hydrogens is 294 g/mol. The highest BCUT2D eigenvalue weighted by atomic mass is 16.5. The number of fused-ring (bicyclic) bond motifs is 1. The average Bonchev–Trinajstić information content (AvgIpc) is 2.77. The summed E-state index contributed by atoms with van der Waals surface area (Å²) < 4.78 is 10.9. The lowest BCUT2D eigenvalue weighted by Crippen LogP contribution is -2.47. The van der Waals surface area contributed by atoms with Crippen LogP contribution in [0.1, 0.15) is 25.1 Å². The summed E-state index contributed by atoms with van der Waals surface area (Å²) >= 11 is 0. The van der Waals surface area contributed by atoms with E-state index in [1.807, 2.05) is 39.0 Å². The van der Waals surface area contributed by atoms with Crippen LogP contribution in [0.15, 0.2) is 22.7 Å². The van der Waals surface area contributed by atoms with Crippen molar-refractivity contribution >= 4 is 16.9 Å². The molecule has 1 aromatic heterocycles. The summed E-state index contributed by atoms with van der Waals surface area (Å²) in [5.74, 6) is -0.232. The molecule has 0 saturated carbocycles. The third-order valence-corrected chi connectivity index (χ3v) is 4.23. The topological polar surface area (TPSA) is 76.4 Å². The molecule has 6 heteroatoms. The summed E-state index contributed by atoms with van der Waals surface area (Å²) in [4.78, 5) is 12.6. The van der Waals surface area contributed by atoms with Crippen molar-refractivity contribution in [2.75, 3.05) is 26.3 Å². The first-order valence-electron chi connectivity index (χ1n) is 7.95. The molecule has 1 unspecified atom stereocenters. The summed E-state index contributed by atoms with van der Waals surface area (Å²) in [5, 5.41) is 11.4. The molecule has 1 saturated heterocycles. The van der Waals surface area contributed by atoms with Crippen molar-refractivity contribution in [2.24, 2.45) is 5.92 Å². The van der Waals surface area contributed by atoms with E-state index in [2.05, 4.69) is 15.8 Å². The van der Waals surface area contributed by atoms with Crippen LogP contribution in [0, 0.1) is 12.8 Å². The highest BCUT2D eigenvalue weighted by molar-refractivity contribution is 5.85. The average molecular weight is 317 g/mol. The van der Waals surface area contributed by atoms with E-state index in [0.29, 0.717) is 19.8 Å². The second kappa shape index (κ2) is 6.29. The van der Waals surface area contributed by atoms with Gasteiger partial charge in [0.05, 0.1) is 24.7 Å². The Bertz CT molecular complexity index is 700. The van der Waals surface area contributed by atoms with E-state index < -0.39 is 5.54 Å². The Morgan fingerprint density at radius 1 is 1.43 bits per heavy atom. The van der Waals surface area contributed by atoms with E-state index in [0.717, 1.165) is 28.8 Å². The molecule has 3 rings (SSSR count). The smallest absolute Gasteiger partial charge is 0.227 e. The molecule has 1 amide bonds. The van der Waals surface area contributed by atoms with Crippen molar-refractivity contribution < 1.29 is 14.1 Å². The summed E-state index contributed by atoms with van der Waals surface area (Å²) in [6.07, 6.45) is 0. The second-order valence-corrected chi connectivity index (χ2v) is 6.57. The monoisotopic (exact) mass is 317 g/mol. The van der Waals surface area contributed by atoms with Gasteiger partial charge in [-0.05, 0) is 32.4 Å². The van der Waals surface area contributed by atoms with Gasteiger partial charge in [0.25, 0.3) is 0 Å². The van der Waals surface area contributed by atoms with Gasteiger partial charge < -0.3 is 19.9 Å². The predicted molar refractivity (Wildman–Crippen MR) is 87.1 cm³/mol. The van der Waals surface area contributed by atoms with Crippen molar-refractivity contribution in [3.63, 3.8) is 0 Å². The van der Waals surface area contributed by atoms with Crippen LogP contribution >= 0.6 is 0 Å². The number of para-hydroxylation sites is 1. The second-order valence-electron chi connectivity index (χ2n) is 6.57. The van der Waals surface area contributed by atoms with E-state index in [1.54, 1.807) is 0 Å². The molecule has 2 N–H and O–H groups in total. The molecule has 6 nitrogen and oxygen atoms in total. The Morgan fingerprint density at radius 3 is 3.09 bits per heavy atom. The molecule has 124 valence electrons. The number of nitrogens with zero attached hydrogens (tertiary/aromatic N) is 1. The van der Waals surface area contributed by atoms with Crippen LogP contribution in [0.2, 0.25) is 0 Å². The summed E-state index contributed by atoms with van der Waals surface area (Å²) in [7, 11) is 0. The van der Waals surface area contributed by atoms with Gasteiger partial charge in [0, 0.05) is 18.5 Å². The van der Waals surface area contributed by atoms with Gasteiger partial charge in [0.15, 0.2) is 5.58 Å². The highest BCUT2D eigenvalue weighted by Crippen LogP contribution is 2.29. The Hall–Kier alpha value is -1.92. The molecule has 0 aliphatic carbocycles. The van der Waals surface area contributed by atoms with E-state index in [4.69, 9.17) is 9.26 Å². The maximum absolute atomic E-state index is 12.6. The molecule has 0 radical (unpaired) electrons. The van der Waals surface area contributed by atoms with Crippen LogP contribution in [-0.4, -0.2) is 37.4 Å². The number of benzene rings is 1. The Balaban J connectivity index is 1.82. The predicted octanol–water partition coefficient (Wildman–Crippen LogP) is 1.72. The van der Waals surface area contributed by atoms with Gasteiger partial charge in [-0.2, -0.15) is 0 Å². The van der Waals surface area contributed by atoms with Gasteiger partial charge in [0.1, 0.15) is 5.69 Å². The van der Waals surface area contributed by atoms with Gasteiger partial charge >= 0.3 is 0 Å². The van der Waals surface area contributed by atoms with E-state index in [1.165, 1.54) is 0 Å². The molecule has 1 aliphatic heterocycles. The fraction of sp³-hybridized carbons (Fsp3) is 0.529. The summed E-state index contributed by atoms with van der Waals surface area (Å²) in [6, 6.07) is 5.93. The molecular formula is C17H23N3O3. The SMILES string of the molecule is Cc1cccc2c(C(C)(C)NC(=O)C3CNCCOC3)noc12. The molecule has 1 atom stereocenters. The third-order valence-electron chi connectivity index (χ3n) is 4.23. The molecule has 1 aromatic carbocycles. The fourth-order valence-corrected chi connectivity index (χ4v) is 2.89.